The highest BCUT2D eigenvalue weighted by Gasteiger charge is 2.03. The Balaban J connectivity index is 2.08. The zero-order valence-corrected chi connectivity index (χ0v) is 10.4. The lowest BCUT2D eigenvalue weighted by Crippen LogP contribution is -2.12. The third-order valence-electron chi connectivity index (χ3n) is 2.42. The number of aromatic nitrogens is 2. The molecule has 0 fully saturated rings. The van der Waals surface area contributed by atoms with Crippen molar-refractivity contribution < 1.29 is 9.53 Å². The molecule has 2 rings (SSSR count). The van der Waals surface area contributed by atoms with Gasteiger partial charge in [-0.2, -0.15) is 0 Å². The number of benzene rings is 1. The van der Waals surface area contributed by atoms with Crippen LogP contribution in [0.25, 0.3) is 11.3 Å². The van der Waals surface area contributed by atoms with Gasteiger partial charge in [0.25, 0.3) is 0 Å². The number of ether oxygens (including phenoxy) is 1. The quantitative estimate of drug-likeness (QED) is 0.873. The molecule has 1 aromatic carbocycles. The van der Waals surface area contributed by atoms with Crippen LogP contribution in [0.1, 0.15) is 12.7 Å². The van der Waals surface area contributed by atoms with Gasteiger partial charge in [0.15, 0.2) is 0 Å². The van der Waals surface area contributed by atoms with Crippen molar-refractivity contribution in [3.05, 3.63) is 36.3 Å². The fourth-order valence-electron chi connectivity index (χ4n) is 1.59. The number of aryl methyl sites for hydroxylation is 1. The second-order valence-corrected chi connectivity index (χ2v) is 3.81. The Hall–Kier alpha value is -2.30. The van der Waals surface area contributed by atoms with Crippen LogP contribution in [0.3, 0.4) is 0 Å². The van der Waals surface area contributed by atoms with Crippen molar-refractivity contribution in [1.29, 1.82) is 0 Å². The largest absolute Gasteiger partial charge is 0.450 e. The molecular weight excluding hydrogens is 230 g/mol. The Kier molecular flexibility index (Phi) is 3.62. The van der Waals surface area contributed by atoms with Gasteiger partial charge in [-0.15, -0.1) is 0 Å². The van der Waals surface area contributed by atoms with Gasteiger partial charge in [-0.1, -0.05) is 12.1 Å². The smallest absolute Gasteiger partial charge is 0.411 e. The van der Waals surface area contributed by atoms with E-state index in [1.165, 1.54) is 0 Å². The Morgan fingerprint density at radius 1 is 1.39 bits per heavy atom. The standard InChI is InChI=1S/C13H15N3O2/c1-3-18-13(17)16-11-6-4-10(5-7-11)12-8-14-9(2)15-12/h4-8H,3H2,1-2H3,(H,14,15)(H,16,17). The molecule has 18 heavy (non-hydrogen) atoms. The molecule has 0 aliphatic heterocycles. The van der Waals surface area contributed by atoms with E-state index in [-0.39, 0.29) is 0 Å². The number of nitrogens with one attached hydrogen (secondary N) is 2. The van der Waals surface area contributed by atoms with E-state index in [0.29, 0.717) is 12.3 Å². The molecule has 1 aromatic heterocycles. The molecule has 0 saturated heterocycles. The monoisotopic (exact) mass is 245 g/mol. The number of carbonyl (C=O) groups excluding carboxylic acids is 1. The summed E-state index contributed by atoms with van der Waals surface area (Å²) in [5.41, 5.74) is 2.67. The zero-order chi connectivity index (χ0) is 13.0. The van der Waals surface area contributed by atoms with Crippen LogP contribution in [0.15, 0.2) is 30.5 Å². The first-order chi connectivity index (χ1) is 8.69. The summed E-state index contributed by atoms with van der Waals surface area (Å²) < 4.78 is 4.80. The average Bonchev–Trinajstić information content (AvgIpc) is 2.77. The van der Waals surface area contributed by atoms with Crippen molar-refractivity contribution >= 4 is 11.8 Å². The maximum Gasteiger partial charge on any atom is 0.411 e. The molecule has 0 saturated carbocycles. The Morgan fingerprint density at radius 3 is 2.67 bits per heavy atom. The molecule has 0 aliphatic rings. The molecule has 0 spiro atoms. The molecule has 0 unspecified atom stereocenters. The number of nitrogens with zero attached hydrogens (tertiary/aromatic N) is 1. The molecule has 5 heteroatoms. The molecule has 0 atom stereocenters. The predicted octanol–water partition coefficient (Wildman–Crippen LogP) is 2.95. The number of anilines is 1. The van der Waals surface area contributed by atoms with E-state index in [1.54, 1.807) is 13.1 Å². The van der Waals surface area contributed by atoms with Crippen LogP contribution in [0.5, 0.6) is 0 Å². The van der Waals surface area contributed by atoms with Gasteiger partial charge in [-0.25, -0.2) is 9.78 Å². The summed E-state index contributed by atoms with van der Waals surface area (Å²) in [6, 6.07) is 7.47. The summed E-state index contributed by atoms with van der Waals surface area (Å²) >= 11 is 0. The Morgan fingerprint density at radius 2 is 2.11 bits per heavy atom. The third kappa shape index (κ3) is 2.88. The van der Waals surface area contributed by atoms with Gasteiger partial charge in [0, 0.05) is 5.69 Å². The number of hydrogen-bond donors (Lipinski definition) is 2. The topological polar surface area (TPSA) is 67.0 Å². The summed E-state index contributed by atoms with van der Waals surface area (Å²) in [5, 5.41) is 2.64. The SMILES string of the molecule is CCOC(=O)Nc1ccc(-c2cnc(C)[nH]2)cc1. The average molecular weight is 245 g/mol. The predicted molar refractivity (Wildman–Crippen MR) is 69.4 cm³/mol. The number of imidazole rings is 1. The van der Waals surface area contributed by atoms with Crippen molar-refractivity contribution in [3.63, 3.8) is 0 Å². The maximum atomic E-state index is 11.2. The van der Waals surface area contributed by atoms with Gasteiger partial charge in [-0.05, 0) is 31.5 Å². The zero-order valence-electron chi connectivity index (χ0n) is 10.4. The minimum atomic E-state index is -0.442. The highest BCUT2D eigenvalue weighted by molar-refractivity contribution is 5.85. The van der Waals surface area contributed by atoms with Crippen molar-refractivity contribution in [2.75, 3.05) is 11.9 Å². The molecule has 2 aromatic rings. The van der Waals surface area contributed by atoms with Gasteiger partial charge in [-0.3, -0.25) is 5.32 Å². The highest BCUT2D eigenvalue weighted by Crippen LogP contribution is 2.19. The summed E-state index contributed by atoms with van der Waals surface area (Å²) in [4.78, 5) is 18.5. The molecule has 0 aliphatic carbocycles. The maximum absolute atomic E-state index is 11.2. The summed E-state index contributed by atoms with van der Waals surface area (Å²) in [6.07, 6.45) is 1.34. The number of rotatable bonds is 3. The first kappa shape index (κ1) is 12.2. The lowest BCUT2D eigenvalue weighted by Gasteiger charge is -2.05. The lowest BCUT2D eigenvalue weighted by molar-refractivity contribution is 0.168. The van der Waals surface area contributed by atoms with Crippen molar-refractivity contribution in [2.24, 2.45) is 0 Å². The van der Waals surface area contributed by atoms with E-state index < -0.39 is 6.09 Å². The minimum absolute atomic E-state index is 0.358. The first-order valence-electron chi connectivity index (χ1n) is 5.75. The van der Waals surface area contributed by atoms with E-state index in [2.05, 4.69) is 15.3 Å². The Labute approximate surface area is 105 Å². The summed E-state index contributed by atoms with van der Waals surface area (Å²) in [7, 11) is 0. The van der Waals surface area contributed by atoms with Crippen LogP contribution in [0.2, 0.25) is 0 Å². The number of aromatic amines is 1. The fourth-order valence-corrected chi connectivity index (χ4v) is 1.59. The van der Waals surface area contributed by atoms with Gasteiger partial charge in [0.05, 0.1) is 18.5 Å². The number of hydrogen-bond acceptors (Lipinski definition) is 3. The first-order valence-corrected chi connectivity index (χ1v) is 5.75. The normalized spacial score (nSPS) is 10.1. The van der Waals surface area contributed by atoms with Gasteiger partial charge >= 0.3 is 6.09 Å². The van der Waals surface area contributed by atoms with Crippen LogP contribution in [0, 0.1) is 6.92 Å². The van der Waals surface area contributed by atoms with Crippen LogP contribution >= 0.6 is 0 Å². The van der Waals surface area contributed by atoms with E-state index in [9.17, 15) is 4.79 Å². The molecule has 5 nitrogen and oxygen atoms in total. The summed E-state index contributed by atoms with van der Waals surface area (Å²) in [6.45, 7) is 4.03. The van der Waals surface area contributed by atoms with Crippen LogP contribution in [-0.2, 0) is 4.74 Å². The van der Waals surface area contributed by atoms with Crippen LogP contribution in [-0.4, -0.2) is 22.7 Å². The van der Waals surface area contributed by atoms with Crippen molar-refractivity contribution in [2.45, 2.75) is 13.8 Å². The van der Waals surface area contributed by atoms with E-state index in [1.807, 2.05) is 31.2 Å². The molecule has 1 heterocycles. The Bertz CT molecular complexity index is 531. The van der Waals surface area contributed by atoms with Crippen molar-refractivity contribution in [3.8, 4) is 11.3 Å². The second kappa shape index (κ2) is 5.35. The molecule has 1 amide bonds. The highest BCUT2D eigenvalue weighted by atomic mass is 16.5. The fraction of sp³-hybridized carbons (Fsp3) is 0.231. The summed E-state index contributed by atoms with van der Waals surface area (Å²) in [5.74, 6) is 0.874. The van der Waals surface area contributed by atoms with E-state index in [0.717, 1.165) is 17.1 Å². The van der Waals surface area contributed by atoms with Gasteiger partial charge in [0.1, 0.15) is 5.82 Å². The second-order valence-electron chi connectivity index (χ2n) is 3.81. The van der Waals surface area contributed by atoms with Gasteiger partial charge in [0.2, 0.25) is 0 Å². The molecule has 94 valence electrons. The third-order valence-corrected chi connectivity index (χ3v) is 2.42. The lowest BCUT2D eigenvalue weighted by atomic mass is 10.1. The minimum Gasteiger partial charge on any atom is -0.450 e. The number of carbonyl (C=O) groups is 1. The molecule has 2 N–H and O–H groups in total. The van der Waals surface area contributed by atoms with E-state index >= 15 is 0 Å². The van der Waals surface area contributed by atoms with E-state index in [4.69, 9.17) is 4.74 Å². The van der Waals surface area contributed by atoms with Crippen LogP contribution < -0.4 is 5.32 Å². The van der Waals surface area contributed by atoms with Crippen LogP contribution in [0.4, 0.5) is 10.5 Å². The molecule has 0 bridgehead atoms. The molecular formula is C13H15N3O2. The van der Waals surface area contributed by atoms with Gasteiger partial charge < -0.3 is 9.72 Å². The number of H-pyrrole nitrogens is 1. The van der Waals surface area contributed by atoms with Crippen molar-refractivity contribution in [1.82, 2.24) is 9.97 Å². The number of amides is 1. The molecule has 0 radical (unpaired) electrons.